The van der Waals surface area contributed by atoms with E-state index in [1.165, 1.54) is 0 Å². The number of hydrogen-bond donors (Lipinski definition) is 2. The Hall–Kier alpha value is -2.62. The second-order valence-electron chi connectivity index (χ2n) is 6.56. The van der Waals surface area contributed by atoms with Crippen molar-refractivity contribution in [2.45, 2.75) is 39.5 Å². The van der Waals surface area contributed by atoms with Crippen LogP contribution in [0.15, 0.2) is 48.5 Å². The normalized spacial score (nSPS) is 10.4. The van der Waals surface area contributed by atoms with Gasteiger partial charge in [-0.3, -0.25) is 9.59 Å². The summed E-state index contributed by atoms with van der Waals surface area (Å²) in [5.41, 5.74) is 3.47. The smallest absolute Gasteiger partial charge is 0.251 e. The van der Waals surface area contributed by atoms with Crippen LogP contribution in [0, 0.1) is 13.8 Å². The van der Waals surface area contributed by atoms with E-state index in [2.05, 4.69) is 10.6 Å². The van der Waals surface area contributed by atoms with Crippen LogP contribution in [-0.4, -0.2) is 24.9 Å². The summed E-state index contributed by atoms with van der Waals surface area (Å²) in [6.07, 6.45) is 3.97. The van der Waals surface area contributed by atoms with Gasteiger partial charge in [0.05, 0.1) is 0 Å². The van der Waals surface area contributed by atoms with Crippen molar-refractivity contribution in [3.8, 4) is 0 Å². The maximum Gasteiger partial charge on any atom is 0.251 e. The molecule has 0 aliphatic carbocycles. The molecule has 0 aliphatic heterocycles. The largest absolute Gasteiger partial charge is 0.352 e. The fourth-order valence-corrected chi connectivity index (χ4v) is 2.85. The molecule has 0 radical (unpaired) electrons. The number of carbonyl (C=O) groups is 2. The van der Waals surface area contributed by atoms with E-state index in [-0.39, 0.29) is 11.8 Å². The van der Waals surface area contributed by atoms with E-state index in [0.717, 1.165) is 47.9 Å². The highest BCUT2D eigenvalue weighted by Crippen LogP contribution is 2.08. The molecule has 0 heterocycles. The Bertz CT molecular complexity index is 677. The van der Waals surface area contributed by atoms with Gasteiger partial charge in [-0.05, 0) is 49.9 Å². The Morgan fingerprint density at radius 2 is 1.04 bits per heavy atom. The molecule has 0 fully saturated rings. The molecule has 0 unspecified atom stereocenters. The lowest BCUT2D eigenvalue weighted by Crippen LogP contribution is -2.25. The van der Waals surface area contributed by atoms with Crippen molar-refractivity contribution in [3.63, 3.8) is 0 Å². The number of aryl methyl sites for hydroxylation is 2. The second kappa shape index (κ2) is 10.4. The summed E-state index contributed by atoms with van der Waals surface area (Å²) < 4.78 is 0. The summed E-state index contributed by atoms with van der Waals surface area (Å²) in [5.74, 6) is -0.0119. The topological polar surface area (TPSA) is 58.2 Å². The summed E-state index contributed by atoms with van der Waals surface area (Å²) in [5, 5.41) is 5.94. The first-order valence-corrected chi connectivity index (χ1v) is 9.27. The maximum absolute atomic E-state index is 12.1. The Labute approximate surface area is 156 Å². The van der Waals surface area contributed by atoms with E-state index in [1.54, 1.807) is 0 Å². The van der Waals surface area contributed by atoms with Gasteiger partial charge in [-0.25, -0.2) is 0 Å². The highest BCUT2D eigenvalue weighted by molar-refractivity contribution is 5.96. The Kier molecular flexibility index (Phi) is 7.87. The van der Waals surface area contributed by atoms with E-state index in [9.17, 15) is 9.59 Å². The van der Waals surface area contributed by atoms with Gasteiger partial charge < -0.3 is 10.6 Å². The van der Waals surface area contributed by atoms with Gasteiger partial charge in [-0.1, -0.05) is 49.2 Å². The van der Waals surface area contributed by atoms with E-state index >= 15 is 0 Å². The molecular weight excluding hydrogens is 324 g/mol. The lowest BCUT2D eigenvalue weighted by Gasteiger charge is -2.08. The standard InChI is InChI=1S/C22H28N2O2/c1-17-11-5-7-13-19(17)21(25)23-15-9-3-4-10-16-24-22(26)20-14-8-6-12-18(20)2/h5-8,11-14H,3-4,9-10,15-16H2,1-2H3,(H,23,25)(H,24,26). The number of benzene rings is 2. The van der Waals surface area contributed by atoms with E-state index in [4.69, 9.17) is 0 Å². The third-order valence-electron chi connectivity index (χ3n) is 4.45. The summed E-state index contributed by atoms with van der Waals surface area (Å²) in [7, 11) is 0. The lowest BCUT2D eigenvalue weighted by molar-refractivity contribution is 0.0942. The molecule has 0 saturated carbocycles. The quantitative estimate of drug-likeness (QED) is 0.670. The van der Waals surface area contributed by atoms with Crippen molar-refractivity contribution in [2.75, 3.05) is 13.1 Å². The molecule has 0 atom stereocenters. The van der Waals surface area contributed by atoms with Gasteiger partial charge in [-0.15, -0.1) is 0 Å². The molecule has 26 heavy (non-hydrogen) atoms. The second-order valence-corrected chi connectivity index (χ2v) is 6.56. The predicted molar refractivity (Wildman–Crippen MR) is 105 cm³/mol. The zero-order valence-electron chi connectivity index (χ0n) is 15.7. The fourth-order valence-electron chi connectivity index (χ4n) is 2.85. The molecule has 2 amide bonds. The van der Waals surface area contributed by atoms with Crippen molar-refractivity contribution < 1.29 is 9.59 Å². The monoisotopic (exact) mass is 352 g/mol. The molecule has 0 bridgehead atoms. The van der Waals surface area contributed by atoms with Gasteiger partial charge in [0.15, 0.2) is 0 Å². The molecule has 0 spiro atoms. The lowest BCUT2D eigenvalue weighted by atomic mass is 10.1. The number of nitrogens with one attached hydrogen (secondary N) is 2. The third kappa shape index (κ3) is 6.03. The molecule has 0 saturated heterocycles. The SMILES string of the molecule is Cc1ccccc1C(=O)NCCCCCCNC(=O)c1ccccc1C. The third-order valence-corrected chi connectivity index (χ3v) is 4.45. The maximum atomic E-state index is 12.1. The predicted octanol–water partition coefficient (Wildman–Crippen LogP) is 4.02. The van der Waals surface area contributed by atoms with Crippen LogP contribution in [0.1, 0.15) is 57.5 Å². The Morgan fingerprint density at radius 3 is 1.42 bits per heavy atom. The number of rotatable bonds is 9. The molecule has 0 aromatic heterocycles. The average molecular weight is 352 g/mol. The first-order valence-electron chi connectivity index (χ1n) is 9.27. The summed E-state index contributed by atoms with van der Waals surface area (Å²) >= 11 is 0. The van der Waals surface area contributed by atoms with Gasteiger partial charge >= 0.3 is 0 Å². The molecule has 2 aromatic carbocycles. The van der Waals surface area contributed by atoms with Crippen molar-refractivity contribution in [2.24, 2.45) is 0 Å². The molecule has 4 heteroatoms. The molecule has 2 aromatic rings. The molecule has 0 aliphatic rings. The van der Waals surface area contributed by atoms with Gasteiger partial charge in [0.1, 0.15) is 0 Å². The van der Waals surface area contributed by atoms with E-state index in [1.807, 2.05) is 62.4 Å². The summed E-state index contributed by atoms with van der Waals surface area (Å²) in [6, 6.07) is 15.2. The van der Waals surface area contributed by atoms with Gasteiger partial charge in [0, 0.05) is 24.2 Å². The average Bonchev–Trinajstić information content (AvgIpc) is 2.64. The summed E-state index contributed by atoms with van der Waals surface area (Å²) in [4.78, 5) is 24.2. The van der Waals surface area contributed by atoms with Crippen molar-refractivity contribution in [3.05, 3.63) is 70.8 Å². The van der Waals surface area contributed by atoms with Crippen molar-refractivity contribution in [1.29, 1.82) is 0 Å². The number of unbranched alkanes of at least 4 members (excludes halogenated alkanes) is 3. The number of carbonyl (C=O) groups excluding carboxylic acids is 2. The van der Waals surface area contributed by atoms with Crippen LogP contribution in [0.5, 0.6) is 0 Å². The zero-order chi connectivity index (χ0) is 18.8. The molecule has 2 N–H and O–H groups in total. The molecular formula is C22H28N2O2. The fraction of sp³-hybridized carbons (Fsp3) is 0.364. The Morgan fingerprint density at radius 1 is 0.654 bits per heavy atom. The first kappa shape index (κ1) is 19.7. The van der Waals surface area contributed by atoms with Crippen molar-refractivity contribution >= 4 is 11.8 Å². The minimum Gasteiger partial charge on any atom is -0.352 e. The van der Waals surface area contributed by atoms with Gasteiger partial charge in [0.25, 0.3) is 11.8 Å². The molecule has 2 rings (SSSR count). The summed E-state index contributed by atoms with van der Waals surface area (Å²) in [6.45, 7) is 5.26. The number of hydrogen-bond acceptors (Lipinski definition) is 2. The van der Waals surface area contributed by atoms with E-state index in [0.29, 0.717) is 13.1 Å². The Balaban J connectivity index is 1.55. The van der Waals surface area contributed by atoms with Gasteiger partial charge in [0.2, 0.25) is 0 Å². The van der Waals surface area contributed by atoms with Gasteiger partial charge in [-0.2, -0.15) is 0 Å². The zero-order valence-corrected chi connectivity index (χ0v) is 15.7. The van der Waals surface area contributed by atoms with Crippen LogP contribution in [0.3, 0.4) is 0 Å². The first-order chi connectivity index (χ1) is 12.6. The minimum atomic E-state index is -0.00593. The number of amides is 2. The van der Waals surface area contributed by atoms with Crippen LogP contribution < -0.4 is 10.6 Å². The minimum absolute atomic E-state index is 0.00593. The molecule has 4 nitrogen and oxygen atoms in total. The van der Waals surface area contributed by atoms with Crippen LogP contribution in [-0.2, 0) is 0 Å². The van der Waals surface area contributed by atoms with Crippen molar-refractivity contribution in [1.82, 2.24) is 10.6 Å². The molecule has 138 valence electrons. The van der Waals surface area contributed by atoms with Crippen LogP contribution in [0.25, 0.3) is 0 Å². The van der Waals surface area contributed by atoms with E-state index < -0.39 is 0 Å². The highest BCUT2D eigenvalue weighted by atomic mass is 16.2. The van der Waals surface area contributed by atoms with Crippen LogP contribution in [0.4, 0.5) is 0 Å². The highest BCUT2D eigenvalue weighted by Gasteiger charge is 2.08. The van der Waals surface area contributed by atoms with Crippen LogP contribution >= 0.6 is 0 Å². The van der Waals surface area contributed by atoms with Crippen LogP contribution in [0.2, 0.25) is 0 Å².